The molecule has 0 amide bonds. The van der Waals surface area contributed by atoms with Crippen molar-refractivity contribution in [1.29, 1.82) is 0 Å². The lowest BCUT2D eigenvalue weighted by molar-refractivity contribution is 0.0791. The van der Waals surface area contributed by atoms with Crippen molar-refractivity contribution in [2.45, 2.75) is 20.0 Å². The molecule has 0 N–H and O–H groups in total. The summed E-state index contributed by atoms with van der Waals surface area (Å²) in [5.74, 6) is 0.605. The van der Waals surface area contributed by atoms with Gasteiger partial charge < -0.3 is 9.15 Å². The summed E-state index contributed by atoms with van der Waals surface area (Å²) in [6.07, 6.45) is -0.441. The van der Waals surface area contributed by atoms with Gasteiger partial charge in [0.2, 0.25) is 5.78 Å². The van der Waals surface area contributed by atoms with Crippen molar-refractivity contribution in [1.82, 2.24) is 0 Å². The summed E-state index contributed by atoms with van der Waals surface area (Å²) in [5.41, 5.74) is 0.598. The third-order valence-corrected chi connectivity index (χ3v) is 3.10. The number of benzene rings is 1. The van der Waals surface area contributed by atoms with E-state index in [4.69, 9.17) is 9.15 Å². The molecule has 0 aliphatic carbocycles. The highest BCUT2D eigenvalue weighted by molar-refractivity contribution is 6.07. The zero-order valence-electron chi connectivity index (χ0n) is 10.1. The molecule has 0 spiro atoms. The van der Waals surface area contributed by atoms with Gasteiger partial charge in [-0.2, -0.15) is 0 Å². The molecule has 92 valence electrons. The lowest BCUT2D eigenvalue weighted by atomic mass is 9.99. The Morgan fingerprint density at radius 2 is 1.94 bits per heavy atom. The molecule has 4 nitrogen and oxygen atoms in total. The fraction of sp³-hybridized carbons (Fsp3) is 0.286. The first kappa shape index (κ1) is 11.0. The molecule has 3 rings (SSSR count). The number of rotatable bonds is 1. The highest BCUT2D eigenvalue weighted by atomic mass is 16.5. The monoisotopic (exact) mass is 244 g/mol. The lowest BCUT2D eigenvalue weighted by Crippen LogP contribution is -2.26. The van der Waals surface area contributed by atoms with Crippen LogP contribution in [-0.2, 0) is 0 Å². The zero-order valence-corrected chi connectivity index (χ0v) is 10.1. The van der Waals surface area contributed by atoms with Crippen LogP contribution in [0.3, 0.4) is 0 Å². The number of hydrogen-bond donors (Lipinski definition) is 0. The molecule has 0 fully saturated rings. The number of carbonyl (C=O) groups is 1. The third kappa shape index (κ3) is 1.53. The van der Waals surface area contributed by atoms with E-state index in [0.29, 0.717) is 16.9 Å². The van der Waals surface area contributed by atoms with Crippen LogP contribution in [-0.4, -0.2) is 11.9 Å². The van der Waals surface area contributed by atoms with E-state index < -0.39 is 11.7 Å². The maximum Gasteiger partial charge on any atom is 0.336 e. The average molecular weight is 244 g/mol. The van der Waals surface area contributed by atoms with Gasteiger partial charge in [-0.05, 0) is 18.1 Å². The van der Waals surface area contributed by atoms with Gasteiger partial charge in [0.15, 0.2) is 6.10 Å². The molecule has 1 aromatic carbocycles. The van der Waals surface area contributed by atoms with Gasteiger partial charge in [0.25, 0.3) is 0 Å². The first-order valence-electron chi connectivity index (χ1n) is 5.85. The molecule has 0 bridgehead atoms. The largest absolute Gasteiger partial charge is 0.481 e. The van der Waals surface area contributed by atoms with Crippen LogP contribution in [0, 0.1) is 5.92 Å². The maximum atomic E-state index is 12.1. The van der Waals surface area contributed by atoms with E-state index in [-0.39, 0.29) is 11.7 Å². The van der Waals surface area contributed by atoms with Crippen molar-refractivity contribution in [3.63, 3.8) is 0 Å². The van der Waals surface area contributed by atoms with Crippen LogP contribution >= 0.6 is 0 Å². The minimum Gasteiger partial charge on any atom is -0.481 e. The molecular formula is C14H12O4. The maximum absolute atomic E-state index is 12.1. The predicted molar refractivity (Wildman–Crippen MR) is 66.1 cm³/mol. The number of carbonyl (C=O) groups excluding carboxylic acids is 1. The average Bonchev–Trinajstić information content (AvgIpc) is 2.64. The van der Waals surface area contributed by atoms with Crippen LogP contribution in [0.2, 0.25) is 0 Å². The van der Waals surface area contributed by atoms with Crippen molar-refractivity contribution >= 4 is 16.8 Å². The Bertz CT molecular complexity index is 696. The quantitative estimate of drug-likeness (QED) is 0.723. The Hall–Kier alpha value is -2.10. The molecule has 0 unspecified atom stereocenters. The molecule has 0 saturated heterocycles. The minimum atomic E-state index is -0.441. The van der Waals surface area contributed by atoms with Gasteiger partial charge >= 0.3 is 5.63 Å². The highest BCUT2D eigenvalue weighted by Crippen LogP contribution is 2.34. The van der Waals surface area contributed by atoms with E-state index in [1.54, 1.807) is 18.2 Å². The van der Waals surface area contributed by atoms with E-state index in [1.807, 2.05) is 13.8 Å². The molecule has 0 saturated carbocycles. The number of ketones is 1. The van der Waals surface area contributed by atoms with Gasteiger partial charge in [-0.15, -0.1) is 0 Å². The van der Waals surface area contributed by atoms with Crippen molar-refractivity contribution in [2.75, 3.05) is 0 Å². The van der Waals surface area contributed by atoms with Crippen molar-refractivity contribution in [3.8, 4) is 5.75 Å². The summed E-state index contributed by atoms with van der Waals surface area (Å²) in [6, 6.07) is 6.33. The second-order valence-corrected chi connectivity index (χ2v) is 4.79. The van der Waals surface area contributed by atoms with Gasteiger partial charge in [-0.1, -0.05) is 13.8 Å². The second-order valence-electron chi connectivity index (χ2n) is 4.79. The second kappa shape index (κ2) is 3.70. The fourth-order valence-electron chi connectivity index (χ4n) is 2.17. The SMILES string of the molecule is CC(C)[C@H]1Oc2cc3oc(=O)ccc3cc2C1=O. The van der Waals surface area contributed by atoms with Crippen molar-refractivity contribution in [2.24, 2.45) is 5.92 Å². The zero-order chi connectivity index (χ0) is 12.9. The number of ether oxygens (including phenoxy) is 1. The molecule has 0 radical (unpaired) electrons. The van der Waals surface area contributed by atoms with Crippen LogP contribution in [0.4, 0.5) is 0 Å². The molecule has 1 aliphatic heterocycles. The number of fused-ring (bicyclic) bond motifs is 2. The Morgan fingerprint density at radius 3 is 2.67 bits per heavy atom. The van der Waals surface area contributed by atoms with E-state index in [9.17, 15) is 9.59 Å². The Kier molecular flexibility index (Phi) is 2.26. The van der Waals surface area contributed by atoms with E-state index in [0.717, 1.165) is 5.39 Å². The number of hydrogen-bond acceptors (Lipinski definition) is 4. The first-order chi connectivity index (χ1) is 8.56. The topological polar surface area (TPSA) is 56.5 Å². The van der Waals surface area contributed by atoms with Crippen LogP contribution in [0.25, 0.3) is 11.0 Å². The van der Waals surface area contributed by atoms with Gasteiger partial charge in [0.05, 0.1) is 5.56 Å². The van der Waals surface area contributed by atoms with E-state index in [1.165, 1.54) is 6.07 Å². The van der Waals surface area contributed by atoms with Crippen LogP contribution in [0.1, 0.15) is 24.2 Å². The summed E-state index contributed by atoms with van der Waals surface area (Å²) in [4.78, 5) is 23.3. The normalized spacial score (nSPS) is 18.2. The van der Waals surface area contributed by atoms with Gasteiger partial charge in [0, 0.05) is 17.5 Å². The molecule has 2 aromatic rings. The summed E-state index contributed by atoms with van der Waals surface area (Å²) < 4.78 is 10.7. The summed E-state index contributed by atoms with van der Waals surface area (Å²) in [7, 11) is 0. The molecule has 1 atom stereocenters. The third-order valence-electron chi connectivity index (χ3n) is 3.10. The molecule has 1 aliphatic rings. The molecule has 18 heavy (non-hydrogen) atoms. The van der Waals surface area contributed by atoms with Gasteiger partial charge in [-0.25, -0.2) is 4.79 Å². The summed E-state index contributed by atoms with van der Waals surface area (Å²) in [6.45, 7) is 3.88. The summed E-state index contributed by atoms with van der Waals surface area (Å²) >= 11 is 0. The molecule has 4 heteroatoms. The highest BCUT2D eigenvalue weighted by Gasteiger charge is 2.35. The summed E-state index contributed by atoms with van der Waals surface area (Å²) in [5, 5.41) is 0.731. The predicted octanol–water partition coefficient (Wildman–Crippen LogP) is 2.39. The molecular weight excluding hydrogens is 232 g/mol. The Labute approximate surface area is 103 Å². The molecule has 1 aromatic heterocycles. The first-order valence-corrected chi connectivity index (χ1v) is 5.85. The van der Waals surface area contributed by atoms with Crippen LogP contribution in [0.5, 0.6) is 5.75 Å². The van der Waals surface area contributed by atoms with Gasteiger partial charge in [-0.3, -0.25) is 4.79 Å². The smallest absolute Gasteiger partial charge is 0.336 e. The van der Waals surface area contributed by atoms with Crippen molar-refractivity contribution in [3.05, 3.63) is 40.2 Å². The van der Waals surface area contributed by atoms with Crippen molar-refractivity contribution < 1.29 is 13.9 Å². The fourth-order valence-corrected chi connectivity index (χ4v) is 2.17. The molecule has 2 heterocycles. The standard InChI is InChI=1S/C14H12O4/c1-7(2)14-13(16)9-5-8-3-4-12(15)17-10(8)6-11(9)18-14/h3-7,14H,1-2H3/t14-/m1/s1. The van der Waals surface area contributed by atoms with E-state index >= 15 is 0 Å². The lowest BCUT2D eigenvalue weighted by Gasteiger charge is -2.12. The van der Waals surface area contributed by atoms with Crippen LogP contribution in [0.15, 0.2) is 33.5 Å². The van der Waals surface area contributed by atoms with Crippen LogP contribution < -0.4 is 10.4 Å². The Morgan fingerprint density at radius 1 is 1.17 bits per heavy atom. The van der Waals surface area contributed by atoms with E-state index in [2.05, 4.69) is 0 Å². The minimum absolute atomic E-state index is 0.00639. The Balaban J connectivity index is 2.20. The number of Topliss-reactive ketones (excluding diaryl/α,β-unsaturated/α-hetero) is 1. The van der Waals surface area contributed by atoms with Gasteiger partial charge in [0.1, 0.15) is 11.3 Å².